The standard InChI is InChI=1S/C24H23F3N4O4/c1-23(2,3)34-22(33)31-17(12-16-6-4-5-7-18(16)31)13-28-20(32)15-10-8-14(9-11-15)19-29-21(35-30-19)24(25,26)27/h4-11,17H,12-13H2,1-3H3,(H,28,32). The highest BCUT2D eigenvalue weighted by Gasteiger charge is 2.39. The van der Waals surface area contributed by atoms with E-state index in [1.807, 2.05) is 24.3 Å². The SMILES string of the molecule is CC(C)(C)OC(=O)N1c2ccccc2CC1CNC(=O)c1ccc(-c2noc(C(F)(F)F)n2)cc1. The molecule has 2 heterocycles. The summed E-state index contributed by atoms with van der Waals surface area (Å²) in [5.41, 5.74) is 1.59. The largest absolute Gasteiger partial charge is 0.471 e. The average molecular weight is 488 g/mol. The van der Waals surface area contributed by atoms with E-state index in [9.17, 15) is 22.8 Å². The molecule has 1 aromatic heterocycles. The lowest BCUT2D eigenvalue weighted by Crippen LogP contribution is -2.47. The second-order valence-corrected chi connectivity index (χ2v) is 9.05. The van der Waals surface area contributed by atoms with Gasteiger partial charge >= 0.3 is 18.2 Å². The normalized spacial score (nSPS) is 15.6. The highest BCUT2D eigenvalue weighted by molar-refractivity contribution is 5.95. The molecule has 0 aliphatic carbocycles. The van der Waals surface area contributed by atoms with Crippen LogP contribution in [0.25, 0.3) is 11.4 Å². The summed E-state index contributed by atoms with van der Waals surface area (Å²) in [4.78, 5) is 30.5. The maximum atomic E-state index is 12.9. The fourth-order valence-corrected chi connectivity index (χ4v) is 3.72. The van der Waals surface area contributed by atoms with Crippen molar-refractivity contribution >= 4 is 17.7 Å². The van der Waals surface area contributed by atoms with Crippen molar-refractivity contribution in [2.45, 2.75) is 45.0 Å². The number of fused-ring (bicyclic) bond motifs is 1. The fraction of sp³-hybridized carbons (Fsp3) is 0.333. The zero-order valence-corrected chi connectivity index (χ0v) is 19.2. The summed E-state index contributed by atoms with van der Waals surface area (Å²) in [5.74, 6) is -2.08. The number of aromatic nitrogens is 2. The van der Waals surface area contributed by atoms with Gasteiger partial charge in [-0.3, -0.25) is 9.69 Å². The minimum atomic E-state index is -4.74. The summed E-state index contributed by atoms with van der Waals surface area (Å²) in [7, 11) is 0. The van der Waals surface area contributed by atoms with E-state index in [0.717, 1.165) is 11.3 Å². The van der Waals surface area contributed by atoms with Crippen LogP contribution in [0.3, 0.4) is 0 Å². The van der Waals surface area contributed by atoms with Gasteiger partial charge in [-0.25, -0.2) is 4.79 Å². The van der Waals surface area contributed by atoms with Crippen LogP contribution >= 0.6 is 0 Å². The molecule has 0 radical (unpaired) electrons. The van der Waals surface area contributed by atoms with E-state index in [-0.39, 0.29) is 29.5 Å². The first kappa shape index (κ1) is 24.2. The van der Waals surface area contributed by atoms with Gasteiger partial charge in [0.15, 0.2) is 0 Å². The average Bonchev–Trinajstić information content (AvgIpc) is 3.41. The zero-order chi connectivity index (χ0) is 25.4. The Balaban J connectivity index is 1.43. The van der Waals surface area contributed by atoms with E-state index in [1.54, 1.807) is 25.7 Å². The van der Waals surface area contributed by atoms with Gasteiger partial charge in [0.2, 0.25) is 5.82 Å². The number of para-hydroxylation sites is 1. The molecule has 184 valence electrons. The molecule has 0 spiro atoms. The van der Waals surface area contributed by atoms with Crippen LogP contribution in [0.15, 0.2) is 53.1 Å². The Morgan fingerprint density at radius 2 is 1.80 bits per heavy atom. The highest BCUT2D eigenvalue weighted by atomic mass is 19.4. The quantitative estimate of drug-likeness (QED) is 0.564. The molecule has 0 saturated carbocycles. The number of benzene rings is 2. The minimum Gasteiger partial charge on any atom is -0.443 e. The molecule has 1 aliphatic heterocycles. The van der Waals surface area contributed by atoms with Crippen LogP contribution < -0.4 is 10.2 Å². The number of amides is 2. The fourth-order valence-electron chi connectivity index (χ4n) is 3.72. The predicted molar refractivity (Wildman–Crippen MR) is 120 cm³/mol. The molecule has 1 aliphatic rings. The molecule has 0 bridgehead atoms. The van der Waals surface area contributed by atoms with E-state index < -0.39 is 29.7 Å². The lowest BCUT2D eigenvalue weighted by molar-refractivity contribution is -0.159. The van der Waals surface area contributed by atoms with Crippen LogP contribution in [0.5, 0.6) is 0 Å². The summed E-state index contributed by atoms with van der Waals surface area (Å²) in [6.07, 6.45) is -4.68. The molecule has 1 unspecified atom stereocenters. The lowest BCUT2D eigenvalue weighted by Gasteiger charge is -2.29. The van der Waals surface area contributed by atoms with E-state index in [2.05, 4.69) is 20.0 Å². The predicted octanol–water partition coefficient (Wildman–Crippen LogP) is 4.85. The Labute approximate surface area is 199 Å². The molecule has 0 saturated heterocycles. The Kier molecular flexibility index (Phi) is 6.27. The van der Waals surface area contributed by atoms with Gasteiger partial charge in [0, 0.05) is 17.7 Å². The molecule has 8 nitrogen and oxygen atoms in total. The summed E-state index contributed by atoms with van der Waals surface area (Å²) in [6.45, 7) is 5.53. The van der Waals surface area contributed by atoms with Crippen LogP contribution in [-0.4, -0.2) is 40.3 Å². The number of carbonyl (C=O) groups excluding carboxylic acids is 2. The van der Waals surface area contributed by atoms with Crippen molar-refractivity contribution in [3.05, 3.63) is 65.5 Å². The van der Waals surface area contributed by atoms with Gasteiger partial charge < -0.3 is 14.6 Å². The number of hydrogen-bond acceptors (Lipinski definition) is 6. The number of anilines is 1. The second-order valence-electron chi connectivity index (χ2n) is 9.05. The van der Waals surface area contributed by atoms with Crippen molar-refractivity contribution in [1.29, 1.82) is 0 Å². The Bertz CT molecular complexity index is 1230. The van der Waals surface area contributed by atoms with Gasteiger partial charge in [0.05, 0.1) is 11.7 Å². The van der Waals surface area contributed by atoms with Crippen LogP contribution in [0.1, 0.15) is 42.6 Å². The van der Waals surface area contributed by atoms with Crippen LogP contribution in [0.4, 0.5) is 23.7 Å². The van der Waals surface area contributed by atoms with Gasteiger partial charge in [0.1, 0.15) is 5.60 Å². The van der Waals surface area contributed by atoms with Gasteiger partial charge in [-0.15, -0.1) is 0 Å². The van der Waals surface area contributed by atoms with Crippen LogP contribution in [0.2, 0.25) is 0 Å². The van der Waals surface area contributed by atoms with Gasteiger partial charge in [-0.05, 0) is 51.0 Å². The molecule has 2 aromatic carbocycles. The molecule has 2 amide bonds. The van der Waals surface area contributed by atoms with Gasteiger partial charge in [-0.2, -0.15) is 18.2 Å². The number of nitrogens with one attached hydrogen (secondary N) is 1. The second kappa shape index (κ2) is 9.05. The molecule has 4 rings (SSSR count). The maximum absolute atomic E-state index is 12.9. The minimum absolute atomic E-state index is 0.175. The number of hydrogen-bond donors (Lipinski definition) is 1. The topological polar surface area (TPSA) is 97.6 Å². The Hall–Kier alpha value is -3.89. The number of nitrogens with zero attached hydrogens (tertiary/aromatic N) is 3. The maximum Gasteiger partial charge on any atom is 0.471 e. The summed E-state index contributed by atoms with van der Waals surface area (Å²) >= 11 is 0. The third-order valence-electron chi connectivity index (χ3n) is 5.23. The van der Waals surface area contributed by atoms with E-state index >= 15 is 0 Å². The molecule has 1 N–H and O–H groups in total. The Morgan fingerprint density at radius 3 is 2.43 bits per heavy atom. The molecule has 1 atom stereocenters. The molecule has 35 heavy (non-hydrogen) atoms. The van der Waals surface area contributed by atoms with Crippen molar-refractivity contribution in [1.82, 2.24) is 15.5 Å². The summed E-state index contributed by atoms with van der Waals surface area (Å²) in [5, 5.41) is 6.15. The van der Waals surface area contributed by atoms with Gasteiger partial charge in [-0.1, -0.05) is 35.5 Å². The van der Waals surface area contributed by atoms with Crippen LogP contribution in [-0.2, 0) is 17.3 Å². The zero-order valence-electron chi connectivity index (χ0n) is 19.2. The highest BCUT2D eigenvalue weighted by Crippen LogP contribution is 2.33. The first-order chi connectivity index (χ1) is 16.4. The van der Waals surface area contributed by atoms with E-state index in [0.29, 0.717) is 6.42 Å². The van der Waals surface area contributed by atoms with Crippen molar-refractivity contribution in [2.75, 3.05) is 11.4 Å². The van der Waals surface area contributed by atoms with Crippen molar-refractivity contribution in [3.63, 3.8) is 0 Å². The van der Waals surface area contributed by atoms with Crippen LogP contribution in [0, 0.1) is 0 Å². The lowest BCUT2D eigenvalue weighted by atomic mass is 10.1. The van der Waals surface area contributed by atoms with E-state index in [4.69, 9.17) is 4.74 Å². The molecular formula is C24H23F3N4O4. The third-order valence-corrected chi connectivity index (χ3v) is 5.23. The van der Waals surface area contributed by atoms with Crippen molar-refractivity contribution < 1.29 is 32.0 Å². The smallest absolute Gasteiger partial charge is 0.443 e. The first-order valence-corrected chi connectivity index (χ1v) is 10.8. The molecule has 11 heteroatoms. The monoisotopic (exact) mass is 488 g/mol. The van der Waals surface area contributed by atoms with Crippen molar-refractivity contribution in [3.8, 4) is 11.4 Å². The third kappa shape index (κ3) is 5.44. The van der Waals surface area contributed by atoms with Gasteiger partial charge in [0.25, 0.3) is 5.91 Å². The Morgan fingerprint density at radius 1 is 1.11 bits per heavy atom. The number of carbonyl (C=O) groups is 2. The first-order valence-electron chi connectivity index (χ1n) is 10.8. The van der Waals surface area contributed by atoms with Crippen molar-refractivity contribution in [2.24, 2.45) is 0 Å². The summed E-state index contributed by atoms with van der Waals surface area (Å²) < 4.78 is 47.8. The molecule has 3 aromatic rings. The number of halogens is 3. The number of alkyl halides is 3. The summed E-state index contributed by atoms with van der Waals surface area (Å²) in [6, 6.07) is 12.9. The molecule has 0 fully saturated rings. The molecular weight excluding hydrogens is 465 g/mol. The number of rotatable bonds is 4. The van der Waals surface area contributed by atoms with E-state index in [1.165, 1.54) is 24.3 Å². The number of ether oxygens (including phenoxy) is 1.